The number of nitriles is 1. The van der Waals surface area contributed by atoms with Gasteiger partial charge in [-0.05, 0) is 33.6 Å². The first-order valence-electron chi connectivity index (χ1n) is 5.93. The lowest BCUT2D eigenvalue weighted by Crippen LogP contribution is -2.44. The van der Waals surface area contributed by atoms with Crippen molar-refractivity contribution in [3.8, 4) is 6.07 Å². The van der Waals surface area contributed by atoms with Crippen molar-refractivity contribution in [3.05, 3.63) is 0 Å². The van der Waals surface area contributed by atoms with E-state index in [1.807, 2.05) is 20.8 Å². The fourth-order valence-electron chi connectivity index (χ4n) is 2.40. The Bertz CT molecular complexity index is 356. The highest BCUT2D eigenvalue weighted by molar-refractivity contribution is 5.68. The Morgan fingerprint density at radius 1 is 1.41 bits per heavy atom. The number of hydrogen-bond acceptors (Lipinski definition) is 4. The van der Waals surface area contributed by atoms with Crippen molar-refractivity contribution in [2.45, 2.75) is 57.5 Å². The minimum Gasteiger partial charge on any atom is -0.444 e. The summed E-state index contributed by atoms with van der Waals surface area (Å²) in [5.41, 5.74) is -0.488. The zero-order chi connectivity index (χ0) is 12.6. The van der Waals surface area contributed by atoms with E-state index in [4.69, 9.17) is 14.7 Å². The van der Waals surface area contributed by atoms with Gasteiger partial charge in [-0.25, -0.2) is 4.79 Å². The molecule has 1 amide bonds. The summed E-state index contributed by atoms with van der Waals surface area (Å²) in [7, 11) is 0. The van der Waals surface area contributed by atoms with Crippen molar-refractivity contribution in [2.24, 2.45) is 5.92 Å². The van der Waals surface area contributed by atoms with Crippen LogP contribution in [-0.4, -0.2) is 29.9 Å². The maximum atomic E-state index is 11.6. The normalized spacial score (nSPS) is 35.4. The van der Waals surface area contributed by atoms with Crippen LogP contribution in [-0.2, 0) is 9.47 Å². The summed E-state index contributed by atoms with van der Waals surface area (Å²) in [4.78, 5) is 11.6. The number of fused-ring (bicyclic) bond motifs is 2. The van der Waals surface area contributed by atoms with Gasteiger partial charge in [0.25, 0.3) is 0 Å². The van der Waals surface area contributed by atoms with Gasteiger partial charge in [0.1, 0.15) is 5.60 Å². The van der Waals surface area contributed by atoms with Gasteiger partial charge in [0, 0.05) is 0 Å². The molecule has 1 unspecified atom stereocenters. The van der Waals surface area contributed by atoms with Gasteiger partial charge in [-0.2, -0.15) is 5.26 Å². The number of amides is 1. The molecule has 94 valence electrons. The summed E-state index contributed by atoms with van der Waals surface area (Å²) >= 11 is 0. The highest BCUT2D eigenvalue weighted by Gasteiger charge is 2.48. The fourth-order valence-corrected chi connectivity index (χ4v) is 2.40. The molecule has 0 spiro atoms. The third-order valence-corrected chi connectivity index (χ3v) is 3.09. The fraction of sp³-hybridized carbons (Fsp3) is 0.833. The molecule has 0 aromatic heterocycles. The standard InChI is InChI=1S/C12H18N2O3/c1-12(2,3)17-11(15)14-8-5-9-7(6-13)4-10(8)16-9/h7-10H,4-5H2,1-3H3,(H,14,15)/t7?,8-,9+,10+/m0/s1. The number of ether oxygens (including phenoxy) is 2. The van der Waals surface area contributed by atoms with Crippen molar-refractivity contribution in [1.82, 2.24) is 5.32 Å². The molecule has 2 aliphatic rings. The molecular formula is C12H18N2O3. The molecule has 2 heterocycles. The molecule has 0 aromatic carbocycles. The molecule has 2 fully saturated rings. The summed E-state index contributed by atoms with van der Waals surface area (Å²) < 4.78 is 10.8. The Labute approximate surface area is 101 Å². The molecule has 17 heavy (non-hydrogen) atoms. The van der Waals surface area contributed by atoms with Crippen LogP contribution in [0.3, 0.4) is 0 Å². The molecule has 0 aliphatic carbocycles. The van der Waals surface area contributed by atoms with Crippen LogP contribution >= 0.6 is 0 Å². The van der Waals surface area contributed by atoms with Crippen molar-refractivity contribution >= 4 is 6.09 Å². The largest absolute Gasteiger partial charge is 0.444 e. The minimum atomic E-state index is -0.488. The molecule has 0 radical (unpaired) electrons. The molecule has 5 heteroatoms. The number of rotatable bonds is 1. The smallest absolute Gasteiger partial charge is 0.407 e. The minimum absolute atomic E-state index is 0.0144. The first-order chi connectivity index (χ1) is 7.89. The zero-order valence-corrected chi connectivity index (χ0v) is 10.4. The second-order valence-electron chi connectivity index (χ2n) is 5.67. The Morgan fingerprint density at radius 2 is 2.12 bits per heavy atom. The average molecular weight is 238 g/mol. The molecule has 4 atom stereocenters. The molecular weight excluding hydrogens is 220 g/mol. The quantitative estimate of drug-likeness (QED) is 0.752. The van der Waals surface area contributed by atoms with E-state index in [9.17, 15) is 4.79 Å². The van der Waals surface area contributed by atoms with Crippen LogP contribution in [0.25, 0.3) is 0 Å². The van der Waals surface area contributed by atoms with E-state index in [1.54, 1.807) is 0 Å². The van der Waals surface area contributed by atoms with Gasteiger partial charge in [0.15, 0.2) is 0 Å². The zero-order valence-electron chi connectivity index (χ0n) is 10.4. The first-order valence-corrected chi connectivity index (χ1v) is 5.93. The van der Waals surface area contributed by atoms with E-state index in [-0.39, 0.29) is 24.2 Å². The van der Waals surface area contributed by atoms with Crippen molar-refractivity contribution < 1.29 is 14.3 Å². The summed E-state index contributed by atoms with van der Waals surface area (Å²) in [5.74, 6) is -0.0170. The topological polar surface area (TPSA) is 71.3 Å². The molecule has 2 aliphatic heterocycles. The molecule has 1 N–H and O–H groups in total. The third-order valence-electron chi connectivity index (χ3n) is 3.09. The van der Waals surface area contributed by atoms with Gasteiger partial charge in [-0.15, -0.1) is 0 Å². The van der Waals surface area contributed by atoms with Gasteiger partial charge in [0.2, 0.25) is 0 Å². The summed E-state index contributed by atoms with van der Waals surface area (Å²) in [6.07, 6.45) is 0.957. The first kappa shape index (κ1) is 12.2. The van der Waals surface area contributed by atoms with Crippen LogP contribution in [0.5, 0.6) is 0 Å². The molecule has 2 bridgehead atoms. The maximum Gasteiger partial charge on any atom is 0.407 e. The van der Waals surface area contributed by atoms with Crippen LogP contribution in [0, 0.1) is 17.2 Å². The molecule has 2 saturated heterocycles. The Balaban J connectivity index is 1.84. The lowest BCUT2D eigenvalue weighted by molar-refractivity contribution is 0.0461. The lowest BCUT2D eigenvalue weighted by atomic mass is 9.87. The van der Waals surface area contributed by atoms with E-state index in [0.717, 1.165) is 0 Å². The molecule has 0 aromatic rings. The number of nitrogens with one attached hydrogen (secondary N) is 1. The van der Waals surface area contributed by atoms with Crippen LogP contribution in [0.4, 0.5) is 4.79 Å². The summed E-state index contributed by atoms with van der Waals surface area (Å²) in [6.45, 7) is 5.49. The predicted octanol–water partition coefficient (Wildman–Crippen LogP) is 1.58. The highest BCUT2D eigenvalue weighted by atomic mass is 16.6. The van der Waals surface area contributed by atoms with Crippen LogP contribution in [0.1, 0.15) is 33.6 Å². The van der Waals surface area contributed by atoms with Crippen molar-refractivity contribution in [1.29, 1.82) is 5.26 Å². The van der Waals surface area contributed by atoms with E-state index in [0.29, 0.717) is 12.8 Å². The second kappa shape index (κ2) is 4.19. The Kier molecular flexibility index (Phi) is 3.00. The summed E-state index contributed by atoms with van der Waals surface area (Å²) in [6, 6.07) is 2.22. The average Bonchev–Trinajstić information content (AvgIpc) is 2.72. The Morgan fingerprint density at radius 3 is 2.59 bits per heavy atom. The number of hydrogen-bond donors (Lipinski definition) is 1. The van der Waals surface area contributed by atoms with Gasteiger partial charge >= 0.3 is 6.09 Å². The molecule has 5 nitrogen and oxygen atoms in total. The van der Waals surface area contributed by atoms with Crippen LogP contribution < -0.4 is 5.32 Å². The highest BCUT2D eigenvalue weighted by Crippen LogP contribution is 2.38. The third kappa shape index (κ3) is 2.70. The number of carbonyl (C=O) groups excluding carboxylic acids is 1. The number of carbonyl (C=O) groups is 1. The molecule has 2 rings (SSSR count). The van der Waals surface area contributed by atoms with Crippen LogP contribution in [0.15, 0.2) is 0 Å². The van der Waals surface area contributed by atoms with E-state index >= 15 is 0 Å². The summed E-state index contributed by atoms with van der Waals surface area (Å²) in [5, 5.41) is 11.7. The van der Waals surface area contributed by atoms with Crippen molar-refractivity contribution in [2.75, 3.05) is 0 Å². The van der Waals surface area contributed by atoms with E-state index in [2.05, 4.69) is 11.4 Å². The number of alkyl carbamates (subject to hydrolysis) is 1. The van der Waals surface area contributed by atoms with Crippen molar-refractivity contribution in [3.63, 3.8) is 0 Å². The Hall–Kier alpha value is -1.28. The SMILES string of the molecule is CC(C)(C)OC(=O)N[C@H]1C[C@H]2O[C@@H]1CC2C#N. The van der Waals surface area contributed by atoms with Gasteiger partial charge < -0.3 is 14.8 Å². The monoisotopic (exact) mass is 238 g/mol. The molecule has 0 saturated carbocycles. The van der Waals surface area contributed by atoms with Crippen LogP contribution in [0.2, 0.25) is 0 Å². The van der Waals surface area contributed by atoms with Gasteiger partial charge in [0.05, 0.1) is 30.2 Å². The second-order valence-corrected chi connectivity index (χ2v) is 5.67. The van der Waals surface area contributed by atoms with Gasteiger partial charge in [-0.1, -0.05) is 0 Å². The van der Waals surface area contributed by atoms with Gasteiger partial charge in [-0.3, -0.25) is 0 Å². The van der Waals surface area contributed by atoms with E-state index in [1.165, 1.54) is 0 Å². The predicted molar refractivity (Wildman–Crippen MR) is 60.2 cm³/mol. The maximum absolute atomic E-state index is 11.6. The number of nitrogens with zero attached hydrogens (tertiary/aromatic N) is 1. The lowest BCUT2D eigenvalue weighted by Gasteiger charge is -2.25. The van der Waals surface area contributed by atoms with E-state index < -0.39 is 11.7 Å².